The summed E-state index contributed by atoms with van der Waals surface area (Å²) in [6, 6.07) is 15.8. The van der Waals surface area contributed by atoms with E-state index in [9.17, 15) is 9.59 Å². The van der Waals surface area contributed by atoms with E-state index in [1.807, 2.05) is 46.2 Å². The lowest BCUT2D eigenvalue weighted by atomic mass is 10.1. The number of nitrogens with zero attached hydrogens (tertiary/aromatic N) is 2. The Hall–Kier alpha value is -2.14. The maximum absolute atomic E-state index is 12.9. The molecule has 1 heterocycles. The van der Waals surface area contributed by atoms with Gasteiger partial charge in [0.15, 0.2) is 0 Å². The van der Waals surface area contributed by atoms with Gasteiger partial charge >= 0.3 is 0 Å². The van der Waals surface area contributed by atoms with E-state index in [0.717, 1.165) is 54.4 Å². The highest BCUT2D eigenvalue weighted by Gasteiger charge is 2.33. The lowest BCUT2D eigenvalue weighted by molar-refractivity contribution is -0.133. The largest absolute Gasteiger partial charge is 0.339 e. The third-order valence-electron chi connectivity index (χ3n) is 5.50. The van der Waals surface area contributed by atoms with Crippen molar-refractivity contribution in [1.29, 1.82) is 0 Å². The third kappa shape index (κ3) is 4.46. The summed E-state index contributed by atoms with van der Waals surface area (Å²) in [6.07, 6.45) is 4.13. The zero-order chi connectivity index (χ0) is 19.5. The molecule has 2 fully saturated rings. The van der Waals surface area contributed by atoms with Crippen LogP contribution in [0.15, 0.2) is 53.0 Å². The fourth-order valence-corrected chi connectivity index (χ4v) is 4.11. The lowest BCUT2D eigenvalue weighted by Crippen LogP contribution is -2.32. The van der Waals surface area contributed by atoms with Crippen LogP contribution in [0.4, 0.5) is 0 Å². The van der Waals surface area contributed by atoms with Crippen LogP contribution < -0.4 is 0 Å². The maximum Gasteiger partial charge on any atom is 0.253 e. The molecule has 1 aliphatic heterocycles. The number of hydrogen-bond acceptors (Lipinski definition) is 2. The molecule has 4 rings (SSSR count). The Morgan fingerprint density at radius 3 is 2.39 bits per heavy atom. The molecule has 0 aromatic heterocycles. The van der Waals surface area contributed by atoms with E-state index in [1.54, 1.807) is 0 Å². The normalized spacial score (nSPS) is 16.2. The topological polar surface area (TPSA) is 40.6 Å². The molecule has 5 heteroatoms. The number of carbonyl (C=O) groups is 2. The van der Waals surface area contributed by atoms with Crippen LogP contribution >= 0.6 is 15.9 Å². The standard InChI is InChI=1S/C23H25BrN2O2/c24-21-11-10-19(23(28)25-12-4-5-13-25)14-20(21)16-26(22(27)18-8-9-18)15-17-6-2-1-3-7-17/h1-3,6-7,10-11,14,18H,4-5,8-9,12-13,15-16H2. The van der Waals surface area contributed by atoms with Crippen molar-refractivity contribution in [3.63, 3.8) is 0 Å². The molecule has 1 saturated carbocycles. The highest BCUT2D eigenvalue weighted by Crippen LogP contribution is 2.33. The number of carbonyl (C=O) groups excluding carboxylic acids is 2. The fourth-order valence-electron chi connectivity index (χ4n) is 3.74. The monoisotopic (exact) mass is 440 g/mol. The van der Waals surface area contributed by atoms with Gasteiger partial charge < -0.3 is 9.80 Å². The fraction of sp³-hybridized carbons (Fsp3) is 0.391. The zero-order valence-corrected chi connectivity index (χ0v) is 17.5. The van der Waals surface area contributed by atoms with Crippen molar-refractivity contribution in [3.05, 3.63) is 69.7 Å². The molecule has 1 aliphatic carbocycles. The van der Waals surface area contributed by atoms with Crippen molar-refractivity contribution in [2.24, 2.45) is 5.92 Å². The molecule has 0 N–H and O–H groups in total. The second-order valence-corrected chi connectivity index (χ2v) is 8.61. The number of rotatable bonds is 6. The molecule has 146 valence electrons. The molecule has 2 aliphatic rings. The molecule has 0 spiro atoms. The van der Waals surface area contributed by atoms with Crippen LogP contribution in [0.5, 0.6) is 0 Å². The predicted octanol–water partition coefficient (Wildman–Crippen LogP) is 4.62. The van der Waals surface area contributed by atoms with Crippen LogP contribution in [0.2, 0.25) is 0 Å². The average molecular weight is 441 g/mol. The molecule has 0 unspecified atom stereocenters. The SMILES string of the molecule is O=C(c1ccc(Br)c(CN(Cc2ccccc2)C(=O)C2CC2)c1)N1CCCC1. The van der Waals surface area contributed by atoms with E-state index >= 15 is 0 Å². The van der Waals surface area contributed by atoms with Gasteiger partial charge in [0.1, 0.15) is 0 Å². The molecule has 0 bridgehead atoms. The van der Waals surface area contributed by atoms with E-state index < -0.39 is 0 Å². The molecule has 4 nitrogen and oxygen atoms in total. The number of likely N-dealkylation sites (tertiary alicyclic amines) is 1. The Morgan fingerprint density at radius 1 is 1.00 bits per heavy atom. The smallest absolute Gasteiger partial charge is 0.253 e. The summed E-state index contributed by atoms with van der Waals surface area (Å²) in [5.41, 5.74) is 2.81. The van der Waals surface area contributed by atoms with Gasteiger partial charge in [0.05, 0.1) is 0 Å². The van der Waals surface area contributed by atoms with Crippen LogP contribution in [0, 0.1) is 5.92 Å². The number of hydrogen-bond donors (Lipinski definition) is 0. The van der Waals surface area contributed by atoms with Crippen molar-refractivity contribution in [2.45, 2.75) is 38.8 Å². The first-order chi connectivity index (χ1) is 13.6. The van der Waals surface area contributed by atoms with E-state index in [4.69, 9.17) is 0 Å². The Balaban J connectivity index is 1.56. The molecular formula is C23H25BrN2O2. The van der Waals surface area contributed by atoms with Gasteiger partial charge in [0.2, 0.25) is 5.91 Å². The van der Waals surface area contributed by atoms with Gasteiger partial charge in [-0.1, -0.05) is 46.3 Å². The molecule has 2 aromatic rings. The van der Waals surface area contributed by atoms with Gasteiger partial charge in [-0.15, -0.1) is 0 Å². The summed E-state index contributed by atoms with van der Waals surface area (Å²) in [5.74, 6) is 0.471. The van der Waals surface area contributed by atoms with Crippen molar-refractivity contribution in [2.75, 3.05) is 13.1 Å². The molecular weight excluding hydrogens is 416 g/mol. The lowest BCUT2D eigenvalue weighted by Gasteiger charge is -2.24. The van der Waals surface area contributed by atoms with Gasteiger partial charge in [-0.25, -0.2) is 0 Å². The first-order valence-electron chi connectivity index (χ1n) is 10.0. The average Bonchev–Trinajstić information content (AvgIpc) is 3.42. The number of benzene rings is 2. The highest BCUT2D eigenvalue weighted by molar-refractivity contribution is 9.10. The van der Waals surface area contributed by atoms with Crippen molar-refractivity contribution in [3.8, 4) is 0 Å². The summed E-state index contributed by atoms with van der Waals surface area (Å²) in [7, 11) is 0. The summed E-state index contributed by atoms with van der Waals surface area (Å²) in [5, 5.41) is 0. The number of amides is 2. The summed E-state index contributed by atoms with van der Waals surface area (Å²) < 4.78 is 0.937. The molecule has 2 amide bonds. The van der Waals surface area contributed by atoms with Gasteiger partial charge in [-0.05, 0) is 55.0 Å². The van der Waals surface area contributed by atoms with Crippen molar-refractivity contribution in [1.82, 2.24) is 9.80 Å². The van der Waals surface area contributed by atoms with Crippen LogP contribution in [-0.4, -0.2) is 34.7 Å². The van der Waals surface area contributed by atoms with Crippen molar-refractivity contribution < 1.29 is 9.59 Å². The molecule has 0 radical (unpaired) electrons. The van der Waals surface area contributed by atoms with Gasteiger partial charge in [0.25, 0.3) is 5.91 Å². The summed E-state index contributed by atoms with van der Waals surface area (Å²) in [4.78, 5) is 29.5. The molecule has 28 heavy (non-hydrogen) atoms. The minimum absolute atomic E-state index is 0.0920. The van der Waals surface area contributed by atoms with Gasteiger partial charge in [-0.2, -0.15) is 0 Å². The van der Waals surface area contributed by atoms with Gasteiger partial charge in [0, 0.05) is 42.1 Å². The Labute approximate surface area is 174 Å². The second-order valence-electron chi connectivity index (χ2n) is 7.76. The third-order valence-corrected chi connectivity index (χ3v) is 6.28. The Bertz CT molecular complexity index is 858. The molecule has 0 atom stereocenters. The minimum Gasteiger partial charge on any atom is -0.339 e. The van der Waals surface area contributed by atoms with Gasteiger partial charge in [-0.3, -0.25) is 9.59 Å². The van der Waals surface area contributed by atoms with Crippen LogP contribution in [0.3, 0.4) is 0 Å². The first-order valence-corrected chi connectivity index (χ1v) is 10.8. The van der Waals surface area contributed by atoms with E-state index in [1.165, 1.54) is 0 Å². The van der Waals surface area contributed by atoms with E-state index in [2.05, 4.69) is 28.1 Å². The Kier molecular flexibility index (Phi) is 5.81. The molecule has 1 saturated heterocycles. The quantitative estimate of drug-likeness (QED) is 0.656. The molecule has 2 aromatic carbocycles. The second kappa shape index (κ2) is 8.48. The Morgan fingerprint density at radius 2 is 1.71 bits per heavy atom. The maximum atomic E-state index is 12.9. The van der Waals surface area contributed by atoms with Crippen molar-refractivity contribution >= 4 is 27.7 Å². The summed E-state index contributed by atoms with van der Waals surface area (Å²) in [6.45, 7) is 2.77. The predicted molar refractivity (Wildman–Crippen MR) is 113 cm³/mol. The van der Waals surface area contributed by atoms with Crippen LogP contribution in [0.25, 0.3) is 0 Å². The highest BCUT2D eigenvalue weighted by atomic mass is 79.9. The number of halogens is 1. The first kappa shape index (κ1) is 19.2. The van der Waals surface area contributed by atoms with E-state index in [0.29, 0.717) is 18.7 Å². The van der Waals surface area contributed by atoms with E-state index in [-0.39, 0.29) is 17.7 Å². The minimum atomic E-state index is 0.0920. The van der Waals surface area contributed by atoms with Crippen LogP contribution in [0.1, 0.15) is 47.2 Å². The van der Waals surface area contributed by atoms with Crippen LogP contribution in [-0.2, 0) is 17.9 Å². The summed E-state index contributed by atoms with van der Waals surface area (Å²) >= 11 is 3.62. The zero-order valence-electron chi connectivity index (χ0n) is 15.9.